The first-order valence-corrected chi connectivity index (χ1v) is 9.18. The van der Waals surface area contributed by atoms with Crippen LogP contribution in [-0.4, -0.2) is 51.6 Å². The summed E-state index contributed by atoms with van der Waals surface area (Å²) in [7, 11) is -2.45. The van der Waals surface area contributed by atoms with Gasteiger partial charge in [-0.1, -0.05) is 0 Å². The highest BCUT2D eigenvalue weighted by atomic mass is 32.2. The third-order valence-electron chi connectivity index (χ3n) is 3.33. The Morgan fingerprint density at radius 1 is 1.17 bits per heavy atom. The summed E-state index contributed by atoms with van der Waals surface area (Å²) in [5, 5.41) is 2.62. The number of amides is 1. The van der Waals surface area contributed by atoms with Gasteiger partial charge in [0, 0.05) is 0 Å². The molecule has 0 aromatic rings. The van der Waals surface area contributed by atoms with Crippen molar-refractivity contribution >= 4 is 22.2 Å². The maximum absolute atomic E-state index is 11.9. The summed E-state index contributed by atoms with van der Waals surface area (Å²) in [4.78, 5) is 23.5. The molecule has 0 heterocycles. The van der Waals surface area contributed by atoms with Crippen molar-refractivity contribution in [3.05, 3.63) is 0 Å². The van der Waals surface area contributed by atoms with Crippen molar-refractivity contribution in [3.63, 3.8) is 0 Å². The summed E-state index contributed by atoms with van der Waals surface area (Å²) in [6.45, 7) is 5.18. The molecule has 1 fully saturated rings. The number of carbonyl (C=O) groups is 2. The summed E-state index contributed by atoms with van der Waals surface area (Å²) >= 11 is 0. The zero-order valence-electron chi connectivity index (χ0n) is 14.1. The van der Waals surface area contributed by atoms with Crippen molar-refractivity contribution in [2.75, 3.05) is 13.4 Å². The van der Waals surface area contributed by atoms with Gasteiger partial charge in [-0.15, -0.1) is 0 Å². The van der Waals surface area contributed by atoms with E-state index >= 15 is 0 Å². The van der Waals surface area contributed by atoms with Gasteiger partial charge in [0.2, 0.25) is 0 Å². The van der Waals surface area contributed by atoms with Gasteiger partial charge >= 0.3 is 12.1 Å². The molecule has 1 N–H and O–H groups in total. The van der Waals surface area contributed by atoms with Crippen LogP contribution >= 0.6 is 0 Å². The molecule has 0 spiro atoms. The average molecular weight is 351 g/mol. The van der Waals surface area contributed by atoms with E-state index in [0.29, 0.717) is 12.8 Å². The zero-order chi connectivity index (χ0) is 17.8. The Labute approximate surface area is 137 Å². The Hall–Kier alpha value is -1.35. The fourth-order valence-corrected chi connectivity index (χ4v) is 3.13. The van der Waals surface area contributed by atoms with Gasteiger partial charge in [-0.2, -0.15) is 8.42 Å². The molecule has 0 bridgehead atoms. The van der Waals surface area contributed by atoms with Gasteiger partial charge in [-0.05, 0) is 40.0 Å². The van der Waals surface area contributed by atoms with Crippen molar-refractivity contribution in [3.8, 4) is 0 Å². The second-order valence-corrected chi connectivity index (χ2v) is 8.23. The fourth-order valence-electron chi connectivity index (χ4n) is 2.46. The molecule has 9 heteroatoms. The second kappa shape index (κ2) is 7.48. The predicted molar refractivity (Wildman–Crippen MR) is 82.2 cm³/mol. The van der Waals surface area contributed by atoms with Crippen molar-refractivity contribution in [2.45, 2.75) is 57.8 Å². The molecule has 3 unspecified atom stereocenters. The number of nitrogens with one attached hydrogen (secondary N) is 1. The lowest BCUT2D eigenvalue weighted by Gasteiger charge is -2.34. The van der Waals surface area contributed by atoms with Crippen LogP contribution in [0, 0.1) is 5.92 Å². The van der Waals surface area contributed by atoms with Crippen LogP contribution in [0.5, 0.6) is 0 Å². The number of hydrogen-bond acceptors (Lipinski definition) is 7. The predicted octanol–water partition coefficient (Wildman–Crippen LogP) is 1.20. The van der Waals surface area contributed by atoms with Gasteiger partial charge in [0.15, 0.2) is 0 Å². The molecule has 0 aromatic heterocycles. The maximum atomic E-state index is 11.9. The summed E-state index contributed by atoms with van der Waals surface area (Å²) in [5.74, 6) is -0.869. The minimum absolute atomic E-state index is 0.153. The van der Waals surface area contributed by atoms with Crippen LogP contribution < -0.4 is 5.32 Å². The molecular formula is C14H25NO7S. The van der Waals surface area contributed by atoms with E-state index in [9.17, 15) is 18.0 Å². The first kappa shape index (κ1) is 19.7. The molecule has 3 atom stereocenters. The van der Waals surface area contributed by atoms with E-state index in [2.05, 4.69) is 5.32 Å². The molecule has 0 aromatic carbocycles. The molecule has 1 rings (SSSR count). The van der Waals surface area contributed by atoms with E-state index in [0.717, 1.165) is 6.26 Å². The third kappa shape index (κ3) is 7.17. The zero-order valence-corrected chi connectivity index (χ0v) is 14.9. The molecular weight excluding hydrogens is 326 g/mol. The van der Waals surface area contributed by atoms with Crippen LogP contribution in [-0.2, 0) is 28.6 Å². The minimum Gasteiger partial charge on any atom is -0.469 e. The van der Waals surface area contributed by atoms with E-state index < -0.39 is 45.8 Å². The maximum Gasteiger partial charge on any atom is 0.407 e. The molecule has 8 nitrogen and oxygen atoms in total. The lowest BCUT2D eigenvalue weighted by atomic mass is 9.84. The quantitative estimate of drug-likeness (QED) is 0.599. The van der Waals surface area contributed by atoms with Gasteiger partial charge in [-0.25, -0.2) is 4.79 Å². The van der Waals surface area contributed by atoms with E-state index in [4.69, 9.17) is 13.7 Å². The van der Waals surface area contributed by atoms with Gasteiger partial charge in [-0.3, -0.25) is 8.98 Å². The summed E-state index contributed by atoms with van der Waals surface area (Å²) < 4.78 is 37.8. The molecule has 0 saturated heterocycles. The lowest BCUT2D eigenvalue weighted by molar-refractivity contribution is -0.147. The van der Waals surface area contributed by atoms with Gasteiger partial charge in [0.1, 0.15) is 5.60 Å². The van der Waals surface area contributed by atoms with Crippen LogP contribution in [0.25, 0.3) is 0 Å². The molecule has 0 radical (unpaired) electrons. The number of methoxy groups -OCH3 is 1. The highest BCUT2D eigenvalue weighted by Crippen LogP contribution is 2.29. The third-order valence-corrected chi connectivity index (χ3v) is 3.92. The molecule has 134 valence electrons. The monoisotopic (exact) mass is 351 g/mol. The SMILES string of the molecule is COC(=O)C1CCC(NC(=O)OC(C)(C)C)C(OS(C)(=O)=O)C1. The summed E-state index contributed by atoms with van der Waals surface area (Å²) in [6, 6.07) is -0.555. The largest absolute Gasteiger partial charge is 0.469 e. The van der Waals surface area contributed by atoms with Crippen molar-refractivity contribution in [1.82, 2.24) is 5.32 Å². The Morgan fingerprint density at radius 2 is 1.78 bits per heavy atom. The Bertz CT molecular complexity index is 538. The average Bonchev–Trinajstić information content (AvgIpc) is 2.36. The number of carbonyl (C=O) groups excluding carboxylic acids is 2. The molecule has 1 aliphatic carbocycles. The van der Waals surface area contributed by atoms with Crippen LogP contribution in [0.2, 0.25) is 0 Å². The number of alkyl carbamates (subject to hydrolysis) is 1. The van der Waals surface area contributed by atoms with Gasteiger partial charge in [0.05, 0.1) is 31.4 Å². The number of hydrogen-bond donors (Lipinski definition) is 1. The number of ether oxygens (including phenoxy) is 2. The second-order valence-electron chi connectivity index (χ2n) is 6.62. The first-order valence-electron chi connectivity index (χ1n) is 7.37. The molecule has 23 heavy (non-hydrogen) atoms. The van der Waals surface area contributed by atoms with Crippen molar-refractivity contribution < 1.29 is 31.7 Å². The first-order chi connectivity index (χ1) is 10.4. The molecule has 1 saturated carbocycles. The molecule has 0 aliphatic heterocycles. The van der Waals surface area contributed by atoms with E-state index in [1.807, 2.05) is 0 Å². The molecule has 1 aliphatic rings. The van der Waals surface area contributed by atoms with Crippen LogP contribution in [0.15, 0.2) is 0 Å². The van der Waals surface area contributed by atoms with Gasteiger partial charge < -0.3 is 14.8 Å². The lowest BCUT2D eigenvalue weighted by Crippen LogP contribution is -2.50. The van der Waals surface area contributed by atoms with Crippen LogP contribution in [0.3, 0.4) is 0 Å². The number of rotatable bonds is 4. The topological polar surface area (TPSA) is 108 Å². The number of esters is 1. The van der Waals surface area contributed by atoms with Gasteiger partial charge in [0.25, 0.3) is 10.1 Å². The summed E-state index contributed by atoms with van der Waals surface area (Å²) in [5.41, 5.74) is -0.666. The van der Waals surface area contributed by atoms with Crippen molar-refractivity contribution in [1.29, 1.82) is 0 Å². The summed E-state index contributed by atoms with van der Waals surface area (Å²) in [6.07, 6.45) is 0.451. The van der Waals surface area contributed by atoms with E-state index in [1.165, 1.54) is 7.11 Å². The highest BCUT2D eigenvalue weighted by Gasteiger charge is 2.38. The normalized spacial score (nSPS) is 25.5. The highest BCUT2D eigenvalue weighted by molar-refractivity contribution is 7.86. The van der Waals surface area contributed by atoms with Crippen LogP contribution in [0.4, 0.5) is 4.79 Å². The Kier molecular flexibility index (Phi) is 6.41. The van der Waals surface area contributed by atoms with Crippen LogP contribution in [0.1, 0.15) is 40.0 Å². The Morgan fingerprint density at radius 3 is 2.26 bits per heavy atom. The minimum atomic E-state index is -3.73. The smallest absolute Gasteiger partial charge is 0.407 e. The van der Waals surface area contributed by atoms with E-state index in [-0.39, 0.29) is 6.42 Å². The van der Waals surface area contributed by atoms with E-state index in [1.54, 1.807) is 20.8 Å². The molecule has 1 amide bonds. The fraction of sp³-hybridized carbons (Fsp3) is 0.857. The van der Waals surface area contributed by atoms with Crippen molar-refractivity contribution in [2.24, 2.45) is 5.92 Å². The standard InChI is InChI=1S/C14H25NO7S/c1-14(2,3)21-13(17)15-10-7-6-9(12(16)20-4)8-11(10)22-23(5,18)19/h9-11H,6-8H2,1-5H3,(H,15,17). The Balaban J connectivity index is 2.79.